The third-order valence-corrected chi connectivity index (χ3v) is 4.53. The molecule has 0 fully saturated rings. The molecule has 0 heterocycles. The quantitative estimate of drug-likeness (QED) is 0.598. The van der Waals surface area contributed by atoms with Gasteiger partial charge in [-0.15, -0.1) is 0 Å². The van der Waals surface area contributed by atoms with Crippen LogP contribution in [0, 0.1) is 5.41 Å². The number of hydrogen-bond donors (Lipinski definition) is 0. The number of hydrogen-bond acceptors (Lipinski definition) is 3. The standard InChI is InChI=1S/C9H18OS2.2CH4/c1-8(2,3)7(10)11-12-9(4,5)6;;/h1-6H3;2*1H4. The first-order chi connectivity index (χ1) is 5.13. The highest BCUT2D eigenvalue weighted by atomic mass is 33.1. The lowest BCUT2D eigenvalue weighted by atomic mass is 10.00. The molecule has 3 heteroatoms. The SMILES string of the molecule is C.C.CC(C)(C)SSC(=O)C(C)(C)C. The summed E-state index contributed by atoms with van der Waals surface area (Å²) in [6.07, 6.45) is 0. The van der Waals surface area contributed by atoms with Gasteiger partial charge in [-0.25, -0.2) is 0 Å². The fourth-order valence-electron chi connectivity index (χ4n) is 0.288. The third kappa shape index (κ3) is 10.5. The Morgan fingerprint density at radius 2 is 1.29 bits per heavy atom. The molecule has 0 rings (SSSR count). The van der Waals surface area contributed by atoms with Crippen LogP contribution in [0.15, 0.2) is 0 Å². The van der Waals surface area contributed by atoms with E-state index in [1.165, 1.54) is 10.8 Å². The van der Waals surface area contributed by atoms with E-state index in [1.54, 1.807) is 10.8 Å². The molecule has 0 aromatic carbocycles. The Balaban J connectivity index is -0.000000605. The number of rotatable bonds is 1. The highest BCUT2D eigenvalue weighted by molar-refractivity contribution is 8.82. The molecule has 1 nitrogen and oxygen atoms in total. The molecule has 0 aromatic rings. The molecular formula is C11H26OS2. The van der Waals surface area contributed by atoms with Crippen LogP contribution in [0.25, 0.3) is 0 Å². The van der Waals surface area contributed by atoms with Crippen LogP contribution >= 0.6 is 21.6 Å². The monoisotopic (exact) mass is 238 g/mol. The second-order valence-corrected chi connectivity index (χ2v) is 7.75. The summed E-state index contributed by atoms with van der Waals surface area (Å²) in [5.41, 5.74) is -0.219. The van der Waals surface area contributed by atoms with E-state index in [4.69, 9.17) is 0 Å². The molecule has 88 valence electrons. The van der Waals surface area contributed by atoms with Crippen LogP contribution in [0.4, 0.5) is 0 Å². The highest BCUT2D eigenvalue weighted by Crippen LogP contribution is 2.39. The summed E-state index contributed by atoms with van der Waals surface area (Å²) in [7, 11) is 3.00. The van der Waals surface area contributed by atoms with Gasteiger partial charge in [-0.1, -0.05) is 67.2 Å². The maximum absolute atomic E-state index is 11.5. The van der Waals surface area contributed by atoms with E-state index in [0.717, 1.165) is 0 Å². The molecule has 0 aliphatic heterocycles. The van der Waals surface area contributed by atoms with Crippen molar-refractivity contribution < 1.29 is 4.79 Å². The average molecular weight is 238 g/mol. The summed E-state index contributed by atoms with van der Waals surface area (Å²) in [5, 5.41) is 0.252. The van der Waals surface area contributed by atoms with Crippen molar-refractivity contribution in [2.75, 3.05) is 0 Å². The predicted octanol–water partition coefficient (Wildman–Crippen LogP) is 5.01. The van der Waals surface area contributed by atoms with Gasteiger partial charge >= 0.3 is 0 Å². The van der Waals surface area contributed by atoms with Crippen molar-refractivity contribution in [2.45, 2.75) is 61.1 Å². The zero-order valence-corrected chi connectivity index (χ0v) is 10.4. The molecule has 0 saturated carbocycles. The second kappa shape index (κ2) is 6.78. The Bertz CT molecular complexity index is 163. The summed E-state index contributed by atoms with van der Waals surface area (Å²) < 4.78 is 0.158. The van der Waals surface area contributed by atoms with Crippen LogP contribution in [0.3, 0.4) is 0 Å². The van der Waals surface area contributed by atoms with E-state index < -0.39 is 0 Å². The molecule has 0 N–H and O–H groups in total. The van der Waals surface area contributed by atoms with Crippen molar-refractivity contribution in [2.24, 2.45) is 5.41 Å². The zero-order valence-electron chi connectivity index (χ0n) is 8.72. The van der Waals surface area contributed by atoms with Gasteiger partial charge in [-0.3, -0.25) is 4.79 Å². The lowest BCUT2D eigenvalue weighted by Gasteiger charge is -2.20. The first kappa shape index (κ1) is 19.9. The maximum Gasteiger partial charge on any atom is 0.204 e. The summed E-state index contributed by atoms with van der Waals surface area (Å²) in [6, 6.07) is 0. The van der Waals surface area contributed by atoms with E-state index in [9.17, 15) is 4.79 Å². The molecule has 0 aliphatic carbocycles. The Labute approximate surface area is 98.2 Å². The molecule has 0 unspecified atom stereocenters. The Hall–Kier alpha value is 0.370. The first-order valence-corrected chi connectivity index (χ1v) is 6.18. The van der Waals surface area contributed by atoms with Crippen molar-refractivity contribution in [1.29, 1.82) is 0 Å². The Morgan fingerprint density at radius 1 is 0.929 bits per heavy atom. The second-order valence-electron chi connectivity index (χ2n) is 4.82. The minimum Gasteiger partial charge on any atom is -0.286 e. The van der Waals surface area contributed by atoms with Gasteiger partial charge in [0.25, 0.3) is 0 Å². The van der Waals surface area contributed by atoms with Crippen molar-refractivity contribution in [3.63, 3.8) is 0 Å². The largest absolute Gasteiger partial charge is 0.286 e. The van der Waals surface area contributed by atoms with Crippen LogP contribution in [-0.4, -0.2) is 9.86 Å². The van der Waals surface area contributed by atoms with Crippen molar-refractivity contribution in [3.8, 4) is 0 Å². The smallest absolute Gasteiger partial charge is 0.204 e. The van der Waals surface area contributed by atoms with Crippen LogP contribution < -0.4 is 0 Å². The minimum atomic E-state index is -0.219. The molecule has 0 saturated heterocycles. The molecule has 0 bridgehead atoms. The lowest BCUT2D eigenvalue weighted by molar-refractivity contribution is -0.117. The van der Waals surface area contributed by atoms with Gasteiger partial charge in [0.2, 0.25) is 5.12 Å². The summed E-state index contributed by atoms with van der Waals surface area (Å²) in [6.45, 7) is 12.2. The van der Waals surface area contributed by atoms with Crippen molar-refractivity contribution in [3.05, 3.63) is 0 Å². The highest BCUT2D eigenvalue weighted by Gasteiger charge is 2.24. The Kier molecular flexibility index (Phi) is 9.62. The fourth-order valence-corrected chi connectivity index (χ4v) is 2.59. The van der Waals surface area contributed by atoms with Gasteiger partial charge < -0.3 is 0 Å². The first-order valence-electron chi connectivity index (χ1n) is 4.03. The molecule has 0 aliphatic rings. The molecular weight excluding hydrogens is 212 g/mol. The normalized spacial score (nSPS) is 11.3. The molecule has 0 radical (unpaired) electrons. The third-order valence-electron chi connectivity index (χ3n) is 0.980. The van der Waals surface area contributed by atoms with E-state index in [0.29, 0.717) is 0 Å². The molecule has 0 aromatic heterocycles. The molecule has 0 spiro atoms. The van der Waals surface area contributed by atoms with Crippen LogP contribution in [0.2, 0.25) is 0 Å². The Morgan fingerprint density at radius 3 is 1.50 bits per heavy atom. The number of carbonyl (C=O) groups excluding carboxylic acids is 1. The van der Waals surface area contributed by atoms with Crippen molar-refractivity contribution >= 4 is 26.7 Å². The zero-order chi connectivity index (χ0) is 9.99. The molecule has 0 amide bonds. The van der Waals surface area contributed by atoms with Gasteiger partial charge in [-0.2, -0.15) is 0 Å². The van der Waals surface area contributed by atoms with Gasteiger partial charge in [0.05, 0.1) is 0 Å². The predicted molar refractivity (Wildman–Crippen MR) is 72.9 cm³/mol. The molecule has 14 heavy (non-hydrogen) atoms. The summed E-state index contributed by atoms with van der Waals surface area (Å²) in [4.78, 5) is 11.5. The van der Waals surface area contributed by atoms with E-state index in [1.807, 2.05) is 20.8 Å². The number of carbonyl (C=O) groups is 1. The van der Waals surface area contributed by atoms with Crippen LogP contribution in [0.1, 0.15) is 56.4 Å². The van der Waals surface area contributed by atoms with E-state index in [-0.39, 0.29) is 30.1 Å². The maximum atomic E-state index is 11.5. The van der Waals surface area contributed by atoms with Crippen molar-refractivity contribution in [1.82, 2.24) is 0 Å². The van der Waals surface area contributed by atoms with E-state index in [2.05, 4.69) is 20.8 Å². The molecule has 0 atom stereocenters. The summed E-state index contributed by atoms with van der Waals surface area (Å²) in [5.74, 6) is 0. The van der Waals surface area contributed by atoms with Crippen LogP contribution in [0.5, 0.6) is 0 Å². The topological polar surface area (TPSA) is 17.1 Å². The van der Waals surface area contributed by atoms with Gasteiger partial charge in [0, 0.05) is 10.2 Å². The fraction of sp³-hybridized carbons (Fsp3) is 0.909. The van der Waals surface area contributed by atoms with Gasteiger partial charge in [-0.05, 0) is 10.8 Å². The lowest BCUT2D eigenvalue weighted by Crippen LogP contribution is -2.16. The van der Waals surface area contributed by atoms with Gasteiger partial charge in [0.15, 0.2) is 0 Å². The van der Waals surface area contributed by atoms with Crippen LogP contribution in [-0.2, 0) is 4.79 Å². The minimum absolute atomic E-state index is 0. The average Bonchev–Trinajstić information content (AvgIpc) is 1.78. The summed E-state index contributed by atoms with van der Waals surface area (Å²) >= 11 is 0. The van der Waals surface area contributed by atoms with Gasteiger partial charge in [0.1, 0.15) is 0 Å². The van der Waals surface area contributed by atoms with E-state index >= 15 is 0 Å².